The van der Waals surface area contributed by atoms with E-state index in [0.29, 0.717) is 37.7 Å². The van der Waals surface area contributed by atoms with Crippen molar-refractivity contribution in [2.75, 3.05) is 38.2 Å². The first-order valence-corrected chi connectivity index (χ1v) is 10.1. The Balaban J connectivity index is 1.90. The lowest BCUT2D eigenvalue weighted by atomic mass is 10.1. The van der Waals surface area contributed by atoms with Crippen molar-refractivity contribution in [3.63, 3.8) is 0 Å². The number of hydrogen-bond donors (Lipinski definition) is 2. The van der Waals surface area contributed by atoms with Crippen molar-refractivity contribution in [3.05, 3.63) is 36.4 Å². The summed E-state index contributed by atoms with van der Waals surface area (Å²) in [5, 5.41) is 5.55. The van der Waals surface area contributed by atoms with Gasteiger partial charge in [-0.05, 0) is 42.7 Å². The fourth-order valence-corrected chi connectivity index (χ4v) is 2.88. The smallest absolute Gasteiger partial charge is 0.307 e. The number of hydrogen-bond acceptors (Lipinski definition) is 6. The maximum atomic E-state index is 12.5. The molecule has 0 radical (unpaired) electrons. The molecule has 2 amide bonds. The van der Waals surface area contributed by atoms with Gasteiger partial charge in [-0.15, -0.1) is 0 Å². The number of carbonyl (C=O) groups excluding carboxylic acids is 3. The Kier molecular flexibility index (Phi) is 8.86. The minimum atomic E-state index is -0.720. The zero-order valence-electron chi connectivity index (χ0n) is 17.9. The van der Waals surface area contributed by atoms with Gasteiger partial charge < -0.3 is 20.1 Å². The summed E-state index contributed by atoms with van der Waals surface area (Å²) in [6, 6.07) is 6.30. The summed E-state index contributed by atoms with van der Waals surface area (Å²) in [6.45, 7) is 11.2. The Morgan fingerprint density at radius 3 is 2.63 bits per heavy atom. The minimum Gasteiger partial charge on any atom is -0.489 e. The van der Waals surface area contributed by atoms with E-state index in [9.17, 15) is 14.4 Å². The quantitative estimate of drug-likeness (QED) is 0.446. The first-order chi connectivity index (χ1) is 14.2. The van der Waals surface area contributed by atoms with Gasteiger partial charge in [0.1, 0.15) is 18.4 Å². The molecule has 2 N–H and O–H groups in total. The van der Waals surface area contributed by atoms with Crippen LogP contribution >= 0.6 is 0 Å². The average Bonchev–Trinajstić information content (AvgIpc) is 2.68. The van der Waals surface area contributed by atoms with Crippen LogP contribution in [0.15, 0.2) is 36.4 Å². The Morgan fingerprint density at radius 1 is 1.30 bits per heavy atom. The van der Waals surface area contributed by atoms with Crippen molar-refractivity contribution >= 4 is 23.5 Å². The number of nitrogens with zero attached hydrogens (tertiary/aromatic N) is 1. The van der Waals surface area contributed by atoms with Crippen molar-refractivity contribution in [1.29, 1.82) is 0 Å². The highest BCUT2D eigenvalue weighted by Crippen LogP contribution is 2.17. The Bertz CT molecular complexity index is 761. The van der Waals surface area contributed by atoms with E-state index in [-0.39, 0.29) is 30.7 Å². The molecular weight excluding hydrogens is 386 g/mol. The van der Waals surface area contributed by atoms with Crippen LogP contribution in [0, 0.1) is 5.92 Å². The third-order valence-electron chi connectivity index (χ3n) is 4.35. The van der Waals surface area contributed by atoms with Gasteiger partial charge in [-0.2, -0.15) is 0 Å². The molecule has 1 saturated heterocycles. The lowest BCUT2D eigenvalue weighted by Crippen LogP contribution is -2.57. The SMILES string of the molecule is C=C(C)COc1ccc(NC(=O)CN2CCNC(=O)C2CC(=O)OCC(C)C)cc1. The Labute approximate surface area is 177 Å². The number of rotatable bonds is 10. The van der Waals surface area contributed by atoms with E-state index >= 15 is 0 Å². The first kappa shape index (κ1) is 23.4. The van der Waals surface area contributed by atoms with Gasteiger partial charge in [-0.25, -0.2) is 0 Å². The predicted octanol–water partition coefficient (Wildman–Crippen LogP) is 1.97. The zero-order chi connectivity index (χ0) is 22.1. The van der Waals surface area contributed by atoms with Gasteiger partial charge in [0.2, 0.25) is 11.8 Å². The maximum Gasteiger partial charge on any atom is 0.307 e. The summed E-state index contributed by atoms with van der Waals surface area (Å²) >= 11 is 0. The van der Waals surface area contributed by atoms with Gasteiger partial charge in [-0.3, -0.25) is 19.3 Å². The number of carbonyl (C=O) groups is 3. The maximum absolute atomic E-state index is 12.5. The number of ether oxygens (including phenoxy) is 2. The number of esters is 1. The molecule has 0 bridgehead atoms. The Morgan fingerprint density at radius 2 is 2.00 bits per heavy atom. The van der Waals surface area contributed by atoms with Crippen LogP contribution in [0.2, 0.25) is 0 Å². The second kappa shape index (κ2) is 11.3. The summed E-state index contributed by atoms with van der Waals surface area (Å²) < 4.78 is 10.7. The van der Waals surface area contributed by atoms with Crippen LogP contribution < -0.4 is 15.4 Å². The van der Waals surface area contributed by atoms with Crippen molar-refractivity contribution < 1.29 is 23.9 Å². The normalized spacial score (nSPS) is 16.7. The molecule has 0 saturated carbocycles. The molecule has 1 fully saturated rings. The standard InChI is InChI=1S/C22H31N3O5/c1-15(2)13-29-18-7-5-17(6-8-18)24-20(26)12-25-10-9-23-22(28)19(25)11-21(27)30-14-16(3)4/h5-8,16,19H,1,9-14H2,2-4H3,(H,23,28)(H,24,26). The van der Waals surface area contributed by atoms with Crippen molar-refractivity contribution in [3.8, 4) is 5.75 Å². The summed E-state index contributed by atoms with van der Waals surface area (Å²) in [5.41, 5.74) is 1.54. The zero-order valence-corrected chi connectivity index (χ0v) is 17.9. The highest BCUT2D eigenvalue weighted by atomic mass is 16.5. The topological polar surface area (TPSA) is 97.0 Å². The first-order valence-electron chi connectivity index (χ1n) is 10.1. The van der Waals surface area contributed by atoms with Crippen molar-refractivity contribution in [2.45, 2.75) is 33.2 Å². The lowest BCUT2D eigenvalue weighted by molar-refractivity contribution is -0.149. The average molecular weight is 418 g/mol. The van der Waals surface area contributed by atoms with Crippen LogP contribution in [0.1, 0.15) is 27.2 Å². The number of nitrogens with one attached hydrogen (secondary N) is 2. The van der Waals surface area contributed by atoms with E-state index in [1.54, 1.807) is 29.2 Å². The summed E-state index contributed by atoms with van der Waals surface area (Å²) in [6.07, 6.45) is -0.0827. The number of anilines is 1. The van der Waals surface area contributed by atoms with Crippen LogP contribution in [0.4, 0.5) is 5.69 Å². The molecule has 1 atom stereocenters. The minimum absolute atomic E-state index is 0.00343. The third kappa shape index (κ3) is 7.87. The molecule has 1 aliphatic heterocycles. The summed E-state index contributed by atoms with van der Waals surface area (Å²) in [4.78, 5) is 38.5. The lowest BCUT2D eigenvalue weighted by Gasteiger charge is -2.33. The van der Waals surface area contributed by atoms with Crippen LogP contribution in [0.3, 0.4) is 0 Å². The molecule has 1 heterocycles. The van der Waals surface area contributed by atoms with E-state index < -0.39 is 12.0 Å². The molecule has 1 unspecified atom stereocenters. The monoisotopic (exact) mass is 417 g/mol. The van der Waals surface area contributed by atoms with Gasteiger partial charge in [0.05, 0.1) is 19.6 Å². The van der Waals surface area contributed by atoms with Crippen molar-refractivity contribution in [1.82, 2.24) is 10.2 Å². The van der Waals surface area contributed by atoms with E-state index in [1.165, 1.54) is 0 Å². The molecule has 164 valence electrons. The van der Waals surface area contributed by atoms with Crippen LogP contribution in [0.25, 0.3) is 0 Å². The fourth-order valence-electron chi connectivity index (χ4n) is 2.88. The molecule has 8 heteroatoms. The molecule has 0 spiro atoms. The van der Waals surface area contributed by atoms with Crippen LogP contribution in [-0.4, -0.2) is 61.6 Å². The number of amides is 2. The summed E-state index contributed by atoms with van der Waals surface area (Å²) in [5.74, 6) is -0.0748. The van der Waals surface area contributed by atoms with E-state index in [4.69, 9.17) is 9.47 Å². The summed E-state index contributed by atoms with van der Waals surface area (Å²) in [7, 11) is 0. The van der Waals surface area contributed by atoms with Gasteiger partial charge in [0.25, 0.3) is 0 Å². The molecule has 2 rings (SSSR count). The molecular formula is C22H31N3O5. The molecule has 0 aliphatic carbocycles. The second-order valence-corrected chi connectivity index (χ2v) is 7.88. The van der Waals surface area contributed by atoms with E-state index in [0.717, 1.165) is 5.57 Å². The molecule has 1 aliphatic rings. The molecule has 0 aromatic heterocycles. The number of benzene rings is 1. The molecule has 1 aromatic carbocycles. The van der Waals surface area contributed by atoms with Gasteiger partial charge in [0.15, 0.2) is 0 Å². The highest BCUT2D eigenvalue weighted by molar-refractivity contribution is 5.93. The third-order valence-corrected chi connectivity index (χ3v) is 4.35. The largest absolute Gasteiger partial charge is 0.489 e. The Hall–Kier alpha value is -2.87. The van der Waals surface area contributed by atoms with E-state index in [1.807, 2.05) is 20.8 Å². The second-order valence-electron chi connectivity index (χ2n) is 7.88. The van der Waals surface area contributed by atoms with E-state index in [2.05, 4.69) is 17.2 Å². The van der Waals surface area contributed by atoms with Crippen molar-refractivity contribution in [2.24, 2.45) is 5.92 Å². The van der Waals surface area contributed by atoms with Crippen LogP contribution in [-0.2, 0) is 19.1 Å². The highest BCUT2D eigenvalue weighted by Gasteiger charge is 2.33. The van der Waals surface area contributed by atoms with Crippen LogP contribution in [0.5, 0.6) is 5.75 Å². The molecule has 1 aromatic rings. The van der Waals surface area contributed by atoms with Gasteiger partial charge in [0, 0.05) is 18.8 Å². The fraction of sp³-hybridized carbons (Fsp3) is 0.500. The molecule has 8 nitrogen and oxygen atoms in total. The van der Waals surface area contributed by atoms with Gasteiger partial charge >= 0.3 is 5.97 Å². The van der Waals surface area contributed by atoms with Gasteiger partial charge in [-0.1, -0.05) is 20.4 Å². The number of piperazine rings is 1. The predicted molar refractivity (Wildman–Crippen MR) is 114 cm³/mol. The molecule has 30 heavy (non-hydrogen) atoms.